The van der Waals surface area contributed by atoms with E-state index in [-0.39, 0.29) is 12.1 Å². The van der Waals surface area contributed by atoms with Crippen molar-refractivity contribution in [3.8, 4) is 0 Å². The number of carbonyl (C=O) groups is 2. The number of rotatable bonds is 4. The van der Waals surface area contributed by atoms with Crippen LogP contribution in [0, 0.1) is 11.6 Å². The molecule has 3 N–H and O–H groups in total. The van der Waals surface area contributed by atoms with Gasteiger partial charge in [0.25, 0.3) is 5.91 Å². The van der Waals surface area contributed by atoms with Crippen LogP contribution in [0.4, 0.5) is 19.3 Å². The largest absolute Gasteiger partial charge is 0.465 e. The highest BCUT2D eigenvalue weighted by Gasteiger charge is 2.20. The van der Waals surface area contributed by atoms with Gasteiger partial charge in [0.2, 0.25) is 0 Å². The van der Waals surface area contributed by atoms with Crippen molar-refractivity contribution in [2.45, 2.75) is 6.54 Å². The molecule has 0 saturated carbocycles. The Bertz CT molecular complexity index is 751. The molecule has 0 fully saturated rings. The molecule has 2 amide bonds. The Morgan fingerprint density at radius 1 is 1.09 bits per heavy atom. The molecule has 0 aliphatic rings. The summed E-state index contributed by atoms with van der Waals surface area (Å²) >= 11 is 3.28. The molecular weight excluding hydrogens is 374 g/mol. The first-order valence-corrected chi connectivity index (χ1v) is 7.18. The van der Waals surface area contributed by atoms with E-state index in [1.165, 1.54) is 0 Å². The van der Waals surface area contributed by atoms with Gasteiger partial charge in [-0.3, -0.25) is 10.1 Å². The fourth-order valence-corrected chi connectivity index (χ4v) is 2.11. The monoisotopic (exact) mass is 384 g/mol. The Balaban J connectivity index is 2.19. The van der Waals surface area contributed by atoms with Crippen LogP contribution < -0.4 is 10.6 Å². The van der Waals surface area contributed by atoms with Gasteiger partial charge in [-0.05, 0) is 29.8 Å². The number of hydrogen-bond acceptors (Lipinski definition) is 2. The first kappa shape index (κ1) is 16.9. The lowest BCUT2D eigenvalue weighted by molar-refractivity contribution is 0.0951. The Labute approximate surface area is 138 Å². The van der Waals surface area contributed by atoms with Gasteiger partial charge in [0.05, 0.1) is 11.3 Å². The van der Waals surface area contributed by atoms with Gasteiger partial charge in [-0.1, -0.05) is 28.1 Å². The van der Waals surface area contributed by atoms with E-state index >= 15 is 0 Å². The van der Waals surface area contributed by atoms with Crippen molar-refractivity contribution in [3.63, 3.8) is 0 Å². The smallest absolute Gasteiger partial charge is 0.409 e. The second-order valence-electron chi connectivity index (χ2n) is 4.52. The maximum atomic E-state index is 13.7. The average Bonchev–Trinajstić information content (AvgIpc) is 2.51. The maximum Gasteiger partial charge on any atom is 0.409 e. The Kier molecular flexibility index (Phi) is 5.28. The standard InChI is InChI=1S/C15H11BrF2N2O3/c16-9-3-1-8(2-4-9)7-19-14(21)10-5-6-11(17)12(18)13(10)20-15(22)23/h1-6,20H,7H2,(H,19,21)(H,22,23). The highest BCUT2D eigenvalue weighted by molar-refractivity contribution is 9.10. The molecule has 2 aromatic rings. The fourth-order valence-electron chi connectivity index (χ4n) is 1.85. The second kappa shape index (κ2) is 7.19. The van der Waals surface area contributed by atoms with E-state index in [2.05, 4.69) is 21.2 Å². The third-order valence-electron chi connectivity index (χ3n) is 2.94. The summed E-state index contributed by atoms with van der Waals surface area (Å²) in [6, 6.07) is 8.89. The first-order valence-electron chi connectivity index (χ1n) is 6.39. The van der Waals surface area contributed by atoms with Crippen LogP contribution in [-0.2, 0) is 6.54 Å². The molecule has 0 heterocycles. The van der Waals surface area contributed by atoms with Gasteiger partial charge in [-0.25, -0.2) is 13.6 Å². The molecule has 2 aromatic carbocycles. The highest BCUT2D eigenvalue weighted by atomic mass is 79.9. The molecule has 0 bridgehead atoms. The summed E-state index contributed by atoms with van der Waals surface area (Å²) in [5.74, 6) is -3.41. The lowest BCUT2D eigenvalue weighted by atomic mass is 10.1. The minimum Gasteiger partial charge on any atom is -0.465 e. The van der Waals surface area contributed by atoms with Crippen molar-refractivity contribution in [2.75, 3.05) is 5.32 Å². The van der Waals surface area contributed by atoms with Crippen molar-refractivity contribution in [2.24, 2.45) is 0 Å². The molecule has 0 aromatic heterocycles. The molecule has 23 heavy (non-hydrogen) atoms. The van der Waals surface area contributed by atoms with Crippen LogP contribution >= 0.6 is 15.9 Å². The van der Waals surface area contributed by atoms with Gasteiger partial charge in [0.1, 0.15) is 0 Å². The first-order chi connectivity index (χ1) is 10.9. The lowest BCUT2D eigenvalue weighted by Gasteiger charge is -2.11. The number of halogens is 3. The van der Waals surface area contributed by atoms with E-state index in [1.807, 2.05) is 0 Å². The van der Waals surface area contributed by atoms with Gasteiger partial charge in [0.15, 0.2) is 11.6 Å². The molecule has 0 spiro atoms. The third-order valence-corrected chi connectivity index (χ3v) is 3.47. The fraction of sp³-hybridized carbons (Fsp3) is 0.0667. The maximum absolute atomic E-state index is 13.7. The molecule has 2 rings (SSSR count). The van der Waals surface area contributed by atoms with Crippen LogP contribution in [-0.4, -0.2) is 17.1 Å². The average molecular weight is 385 g/mol. The predicted octanol–water partition coefficient (Wildman–Crippen LogP) is 3.75. The van der Waals surface area contributed by atoms with Crippen LogP contribution in [0.3, 0.4) is 0 Å². The minimum atomic E-state index is -1.60. The number of anilines is 1. The molecule has 5 nitrogen and oxygen atoms in total. The van der Waals surface area contributed by atoms with E-state index in [0.29, 0.717) is 0 Å². The zero-order chi connectivity index (χ0) is 17.0. The molecule has 120 valence electrons. The van der Waals surface area contributed by atoms with Crippen LogP contribution in [0.1, 0.15) is 15.9 Å². The Morgan fingerprint density at radius 2 is 1.74 bits per heavy atom. The van der Waals surface area contributed by atoms with Gasteiger partial charge in [-0.2, -0.15) is 0 Å². The number of carbonyl (C=O) groups excluding carboxylic acids is 1. The van der Waals surface area contributed by atoms with Crippen molar-refractivity contribution < 1.29 is 23.5 Å². The van der Waals surface area contributed by atoms with Crippen LogP contribution in [0.25, 0.3) is 0 Å². The molecule has 0 atom stereocenters. The SMILES string of the molecule is O=C(O)Nc1c(C(=O)NCc2ccc(Br)cc2)ccc(F)c1F. The normalized spacial score (nSPS) is 10.2. The van der Waals surface area contributed by atoms with Gasteiger partial charge in [-0.15, -0.1) is 0 Å². The molecular formula is C15H11BrF2N2O3. The molecule has 0 aliphatic carbocycles. The number of hydrogen-bond donors (Lipinski definition) is 3. The van der Waals surface area contributed by atoms with Crippen LogP contribution in [0.5, 0.6) is 0 Å². The minimum absolute atomic E-state index is 0.150. The summed E-state index contributed by atoms with van der Waals surface area (Å²) in [6.45, 7) is 0.150. The van der Waals surface area contributed by atoms with Crippen molar-refractivity contribution in [3.05, 3.63) is 63.6 Å². The van der Waals surface area contributed by atoms with E-state index in [4.69, 9.17) is 5.11 Å². The molecule has 0 radical (unpaired) electrons. The number of carboxylic acid groups (broad SMARTS) is 1. The summed E-state index contributed by atoms with van der Waals surface area (Å²) in [5.41, 5.74) is -0.230. The number of benzene rings is 2. The topological polar surface area (TPSA) is 78.4 Å². The Morgan fingerprint density at radius 3 is 2.35 bits per heavy atom. The third kappa shape index (κ3) is 4.26. The highest BCUT2D eigenvalue weighted by Crippen LogP contribution is 2.23. The van der Waals surface area contributed by atoms with Crippen molar-refractivity contribution in [1.29, 1.82) is 0 Å². The van der Waals surface area contributed by atoms with E-state index in [9.17, 15) is 18.4 Å². The van der Waals surface area contributed by atoms with Gasteiger partial charge < -0.3 is 10.4 Å². The summed E-state index contributed by atoms with van der Waals surface area (Å²) in [5, 5.41) is 12.9. The number of nitrogens with one attached hydrogen (secondary N) is 2. The van der Waals surface area contributed by atoms with E-state index in [0.717, 1.165) is 22.2 Å². The quantitative estimate of drug-likeness (QED) is 0.750. The van der Waals surface area contributed by atoms with Crippen LogP contribution in [0.15, 0.2) is 40.9 Å². The Hall–Kier alpha value is -2.48. The number of amides is 2. The van der Waals surface area contributed by atoms with Gasteiger partial charge >= 0.3 is 6.09 Å². The lowest BCUT2D eigenvalue weighted by Crippen LogP contribution is -2.25. The van der Waals surface area contributed by atoms with E-state index in [1.54, 1.807) is 29.6 Å². The summed E-state index contributed by atoms with van der Waals surface area (Å²) in [6.07, 6.45) is -1.60. The molecule has 0 saturated heterocycles. The van der Waals surface area contributed by atoms with Crippen molar-refractivity contribution >= 4 is 33.6 Å². The van der Waals surface area contributed by atoms with Crippen molar-refractivity contribution in [1.82, 2.24) is 5.32 Å². The second-order valence-corrected chi connectivity index (χ2v) is 5.44. The van der Waals surface area contributed by atoms with Crippen LogP contribution in [0.2, 0.25) is 0 Å². The zero-order valence-electron chi connectivity index (χ0n) is 11.6. The molecule has 0 aliphatic heterocycles. The van der Waals surface area contributed by atoms with Gasteiger partial charge in [0, 0.05) is 11.0 Å². The summed E-state index contributed by atoms with van der Waals surface area (Å²) in [4.78, 5) is 22.8. The predicted molar refractivity (Wildman–Crippen MR) is 83.3 cm³/mol. The zero-order valence-corrected chi connectivity index (χ0v) is 13.2. The summed E-state index contributed by atoms with van der Waals surface area (Å²) < 4.78 is 27.8. The van der Waals surface area contributed by atoms with E-state index < -0.39 is 29.3 Å². The molecule has 0 unspecified atom stereocenters. The molecule has 8 heteroatoms. The summed E-state index contributed by atoms with van der Waals surface area (Å²) in [7, 11) is 0.